The van der Waals surface area contributed by atoms with Crippen LogP contribution >= 0.6 is 0 Å². The van der Waals surface area contributed by atoms with Gasteiger partial charge in [-0.25, -0.2) is 0 Å². The smallest absolute Gasteiger partial charge is 0.159 e. The van der Waals surface area contributed by atoms with Gasteiger partial charge in [-0.3, -0.25) is 0 Å². The van der Waals surface area contributed by atoms with Gasteiger partial charge in [0.15, 0.2) is 5.58 Å². The third kappa shape index (κ3) is 4.52. The van der Waals surface area contributed by atoms with Gasteiger partial charge in [0.1, 0.15) is 5.58 Å². The molecule has 0 amide bonds. The lowest BCUT2D eigenvalue weighted by Crippen LogP contribution is -2.17. The van der Waals surface area contributed by atoms with Crippen LogP contribution in [-0.4, -0.2) is 0 Å². The molecule has 1 heterocycles. The molecule has 0 unspecified atom stereocenters. The van der Waals surface area contributed by atoms with E-state index >= 15 is 0 Å². The van der Waals surface area contributed by atoms with Gasteiger partial charge >= 0.3 is 0 Å². The van der Waals surface area contributed by atoms with Crippen LogP contribution in [0.3, 0.4) is 0 Å². The van der Waals surface area contributed by atoms with Crippen LogP contribution in [0.15, 0.2) is 186 Å². The van der Waals surface area contributed by atoms with E-state index in [1.54, 1.807) is 0 Å². The van der Waals surface area contributed by atoms with Crippen molar-refractivity contribution in [3.8, 4) is 11.1 Å². The predicted octanol–water partition coefficient (Wildman–Crippen LogP) is 14.0. The van der Waals surface area contributed by atoms with E-state index in [2.05, 4.69) is 206 Å². The third-order valence-electron chi connectivity index (χ3n) is 10.8. The van der Waals surface area contributed by atoms with Gasteiger partial charge in [-0.05, 0) is 88.1 Å². The molecule has 1 aliphatic rings. The molecule has 0 aliphatic heterocycles. The van der Waals surface area contributed by atoms with Crippen molar-refractivity contribution in [1.29, 1.82) is 0 Å². The van der Waals surface area contributed by atoms with E-state index in [1.165, 1.54) is 33.0 Å². The molecule has 3 heteroatoms. The van der Waals surface area contributed by atoms with Crippen molar-refractivity contribution in [2.75, 3.05) is 9.80 Å². The molecule has 0 N–H and O–H groups in total. The van der Waals surface area contributed by atoms with Gasteiger partial charge in [0.25, 0.3) is 0 Å². The van der Waals surface area contributed by atoms with Crippen molar-refractivity contribution in [1.82, 2.24) is 0 Å². The Labute approximate surface area is 303 Å². The van der Waals surface area contributed by atoms with Gasteiger partial charge in [0.2, 0.25) is 0 Å². The lowest BCUT2D eigenvalue weighted by molar-refractivity contribution is 0.653. The highest BCUT2D eigenvalue weighted by atomic mass is 16.3. The molecule has 0 radical (unpaired) electrons. The number of benzene rings is 8. The molecule has 9 aromatic rings. The molecule has 1 aliphatic carbocycles. The Morgan fingerprint density at radius 3 is 1.48 bits per heavy atom. The minimum Gasteiger partial charge on any atom is -0.453 e. The first kappa shape index (κ1) is 30.3. The molecule has 52 heavy (non-hydrogen) atoms. The number of rotatable bonds is 6. The van der Waals surface area contributed by atoms with Crippen LogP contribution in [0, 0.1) is 0 Å². The highest BCUT2D eigenvalue weighted by molar-refractivity contribution is 6.22. The maximum Gasteiger partial charge on any atom is 0.159 e. The highest BCUT2D eigenvalue weighted by Gasteiger charge is 2.40. The molecular weight excluding hydrogens is 633 g/mol. The number of para-hydroxylation sites is 5. The summed E-state index contributed by atoms with van der Waals surface area (Å²) in [5.41, 5.74) is 13.0. The summed E-state index contributed by atoms with van der Waals surface area (Å²) in [4.78, 5) is 4.71. The van der Waals surface area contributed by atoms with E-state index in [0.29, 0.717) is 0 Å². The standard InChI is InChI=1S/C49H36N2O/c1-49(2)40-31-30-33-18-15-16-27-38(33)44(40)46-41(49)32-43(51(36-23-11-5-12-24-36)37-25-13-6-14-26-37)45-39-28-17-29-42(47(39)52-48(45)46)50(34-19-7-3-8-20-34)35-21-9-4-10-22-35/h3-32H,1-2H3. The van der Waals surface area contributed by atoms with Crippen molar-refractivity contribution < 1.29 is 4.42 Å². The molecular formula is C49H36N2O. The highest BCUT2D eigenvalue weighted by Crippen LogP contribution is 2.58. The largest absolute Gasteiger partial charge is 0.453 e. The summed E-state index contributed by atoms with van der Waals surface area (Å²) in [5.74, 6) is 0. The molecule has 248 valence electrons. The van der Waals surface area contributed by atoms with E-state index < -0.39 is 0 Å². The van der Waals surface area contributed by atoms with Crippen molar-refractivity contribution in [2.45, 2.75) is 19.3 Å². The van der Waals surface area contributed by atoms with E-state index in [-0.39, 0.29) is 5.41 Å². The maximum atomic E-state index is 7.44. The quantitative estimate of drug-likeness (QED) is 0.176. The Bertz CT molecular complexity index is 2670. The number of anilines is 6. The Morgan fingerprint density at radius 1 is 0.404 bits per heavy atom. The second kappa shape index (κ2) is 11.8. The average molecular weight is 669 g/mol. The molecule has 10 rings (SSSR count). The fraction of sp³-hybridized carbons (Fsp3) is 0.0612. The summed E-state index contributed by atoms with van der Waals surface area (Å²) in [7, 11) is 0. The van der Waals surface area contributed by atoms with Gasteiger partial charge in [-0.1, -0.05) is 135 Å². The topological polar surface area (TPSA) is 19.6 Å². The number of furan rings is 1. The molecule has 0 saturated carbocycles. The Balaban J connectivity index is 1.37. The van der Waals surface area contributed by atoms with Gasteiger partial charge in [0, 0.05) is 39.1 Å². The van der Waals surface area contributed by atoms with Crippen molar-refractivity contribution in [3.05, 3.63) is 193 Å². The minimum absolute atomic E-state index is 0.265. The molecule has 3 nitrogen and oxygen atoms in total. The Kier molecular flexibility index (Phi) is 6.84. The normalized spacial score (nSPS) is 13.0. The van der Waals surface area contributed by atoms with E-state index in [4.69, 9.17) is 4.42 Å². The van der Waals surface area contributed by atoms with Crippen molar-refractivity contribution in [3.63, 3.8) is 0 Å². The molecule has 8 aromatic carbocycles. The molecule has 0 bridgehead atoms. The second-order valence-electron chi connectivity index (χ2n) is 14.1. The first-order valence-corrected chi connectivity index (χ1v) is 18.0. The lowest BCUT2D eigenvalue weighted by atomic mass is 9.81. The third-order valence-corrected chi connectivity index (χ3v) is 10.8. The van der Waals surface area contributed by atoms with Crippen LogP contribution in [0.4, 0.5) is 34.1 Å². The van der Waals surface area contributed by atoms with Crippen LogP contribution in [-0.2, 0) is 5.41 Å². The summed E-state index contributed by atoms with van der Waals surface area (Å²) >= 11 is 0. The van der Waals surface area contributed by atoms with Gasteiger partial charge in [-0.2, -0.15) is 0 Å². The van der Waals surface area contributed by atoms with Gasteiger partial charge in [-0.15, -0.1) is 0 Å². The van der Waals surface area contributed by atoms with Crippen molar-refractivity contribution >= 4 is 66.8 Å². The fourth-order valence-electron chi connectivity index (χ4n) is 8.40. The van der Waals surface area contributed by atoms with Crippen LogP contribution in [0.1, 0.15) is 25.0 Å². The average Bonchev–Trinajstić information content (AvgIpc) is 3.70. The first-order valence-electron chi connectivity index (χ1n) is 18.0. The van der Waals surface area contributed by atoms with Crippen LogP contribution in [0.25, 0.3) is 43.8 Å². The van der Waals surface area contributed by atoms with E-state index in [0.717, 1.165) is 56.1 Å². The number of hydrogen-bond donors (Lipinski definition) is 0. The van der Waals surface area contributed by atoms with Crippen LogP contribution in [0.5, 0.6) is 0 Å². The summed E-state index contributed by atoms with van der Waals surface area (Å²) in [6.07, 6.45) is 0. The lowest BCUT2D eigenvalue weighted by Gasteiger charge is -2.29. The number of nitrogens with zero attached hydrogens (tertiary/aromatic N) is 2. The first-order chi connectivity index (χ1) is 25.6. The zero-order valence-electron chi connectivity index (χ0n) is 29.1. The Hall–Kier alpha value is -6.58. The maximum absolute atomic E-state index is 7.44. The van der Waals surface area contributed by atoms with E-state index in [9.17, 15) is 0 Å². The summed E-state index contributed by atoms with van der Waals surface area (Å²) in [5, 5.41) is 4.65. The van der Waals surface area contributed by atoms with Gasteiger partial charge < -0.3 is 14.2 Å². The predicted molar refractivity (Wildman–Crippen MR) is 218 cm³/mol. The monoisotopic (exact) mass is 668 g/mol. The summed E-state index contributed by atoms with van der Waals surface area (Å²) in [6.45, 7) is 4.72. The van der Waals surface area contributed by atoms with Crippen LogP contribution < -0.4 is 9.80 Å². The summed E-state index contributed by atoms with van der Waals surface area (Å²) < 4.78 is 7.44. The SMILES string of the molecule is CC1(C)c2ccc3ccccc3c2-c2c1cc(N(c1ccccc1)c1ccccc1)c1c2oc2c(N(c3ccccc3)c3ccccc3)cccc21. The molecule has 0 atom stereocenters. The fourth-order valence-corrected chi connectivity index (χ4v) is 8.40. The van der Waals surface area contributed by atoms with Gasteiger partial charge in [0.05, 0.1) is 16.8 Å². The molecule has 0 spiro atoms. The molecule has 0 fully saturated rings. The number of fused-ring (bicyclic) bond motifs is 9. The number of hydrogen-bond acceptors (Lipinski definition) is 3. The molecule has 1 aromatic heterocycles. The minimum atomic E-state index is -0.265. The second-order valence-corrected chi connectivity index (χ2v) is 14.1. The summed E-state index contributed by atoms with van der Waals surface area (Å²) in [6, 6.07) is 64.9. The zero-order chi connectivity index (χ0) is 34.8. The van der Waals surface area contributed by atoms with E-state index in [1.807, 2.05) is 0 Å². The van der Waals surface area contributed by atoms with Crippen molar-refractivity contribution in [2.24, 2.45) is 0 Å². The van der Waals surface area contributed by atoms with Crippen LogP contribution in [0.2, 0.25) is 0 Å². The zero-order valence-corrected chi connectivity index (χ0v) is 29.1. The Morgan fingerprint density at radius 2 is 0.904 bits per heavy atom. The molecule has 0 saturated heterocycles.